The Balaban J connectivity index is 1.69. The first-order chi connectivity index (χ1) is 8.59. The second-order valence-corrected chi connectivity index (χ2v) is 6.81. The molecule has 0 aromatic rings. The third kappa shape index (κ3) is 2.18. The molecule has 18 heavy (non-hydrogen) atoms. The number of rotatable bonds is 3. The molecule has 1 heterocycles. The summed E-state index contributed by atoms with van der Waals surface area (Å²) in [6.07, 6.45) is 10.1. The van der Waals surface area contributed by atoms with Crippen molar-refractivity contribution in [2.75, 3.05) is 0 Å². The molecule has 0 radical (unpaired) electrons. The zero-order valence-corrected chi connectivity index (χ0v) is 11.2. The van der Waals surface area contributed by atoms with Gasteiger partial charge < -0.3 is 9.84 Å². The summed E-state index contributed by atoms with van der Waals surface area (Å²) in [5, 5.41) is 9.58. The first-order valence-corrected chi connectivity index (χ1v) is 7.48. The predicted molar refractivity (Wildman–Crippen MR) is 68.3 cm³/mol. The SMILES string of the molecule is CC1(C(=O)O)CC2OC2CC1CC1CCCCC1. The van der Waals surface area contributed by atoms with Crippen LogP contribution in [-0.4, -0.2) is 23.3 Å². The van der Waals surface area contributed by atoms with E-state index in [9.17, 15) is 9.90 Å². The molecule has 3 fully saturated rings. The normalized spacial score (nSPS) is 44.4. The van der Waals surface area contributed by atoms with E-state index in [1.165, 1.54) is 32.1 Å². The standard InChI is InChI=1S/C15H24O3/c1-15(14(16)17)9-13-12(18-13)8-11(15)7-10-5-3-2-4-6-10/h10-13H,2-9H2,1H3,(H,16,17). The summed E-state index contributed by atoms with van der Waals surface area (Å²) in [5.74, 6) is 0.469. The maximum atomic E-state index is 11.6. The van der Waals surface area contributed by atoms with Crippen molar-refractivity contribution < 1.29 is 14.6 Å². The summed E-state index contributed by atoms with van der Waals surface area (Å²) < 4.78 is 5.58. The van der Waals surface area contributed by atoms with Gasteiger partial charge in [-0.2, -0.15) is 0 Å². The molecule has 4 unspecified atom stereocenters. The van der Waals surface area contributed by atoms with Crippen LogP contribution in [0.25, 0.3) is 0 Å². The second kappa shape index (κ2) is 4.52. The van der Waals surface area contributed by atoms with Gasteiger partial charge >= 0.3 is 5.97 Å². The molecule has 0 amide bonds. The summed E-state index contributed by atoms with van der Waals surface area (Å²) in [6, 6.07) is 0. The lowest BCUT2D eigenvalue weighted by Gasteiger charge is -2.38. The number of epoxide rings is 1. The lowest BCUT2D eigenvalue weighted by Crippen LogP contribution is -2.42. The van der Waals surface area contributed by atoms with E-state index in [-0.39, 0.29) is 6.10 Å². The molecule has 3 aliphatic rings. The number of carboxylic acid groups (broad SMARTS) is 1. The fourth-order valence-corrected chi connectivity index (χ4v) is 4.13. The number of carbonyl (C=O) groups is 1. The fourth-order valence-electron chi connectivity index (χ4n) is 4.13. The summed E-state index contributed by atoms with van der Waals surface area (Å²) in [4.78, 5) is 11.6. The van der Waals surface area contributed by atoms with Crippen molar-refractivity contribution in [3.05, 3.63) is 0 Å². The van der Waals surface area contributed by atoms with E-state index in [2.05, 4.69) is 0 Å². The number of aliphatic carboxylic acids is 1. The Hall–Kier alpha value is -0.570. The van der Waals surface area contributed by atoms with Crippen LogP contribution >= 0.6 is 0 Å². The van der Waals surface area contributed by atoms with Gasteiger partial charge in [-0.1, -0.05) is 32.1 Å². The maximum absolute atomic E-state index is 11.6. The predicted octanol–water partition coefficient (Wildman–Crippen LogP) is 3.23. The molecule has 2 aliphatic carbocycles. The summed E-state index contributed by atoms with van der Waals surface area (Å²) in [5.41, 5.74) is -0.547. The van der Waals surface area contributed by atoms with Crippen LogP contribution in [0, 0.1) is 17.3 Å². The van der Waals surface area contributed by atoms with Gasteiger partial charge in [-0.25, -0.2) is 0 Å². The summed E-state index contributed by atoms with van der Waals surface area (Å²) >= 11 is 0. The minimum absolute atomic E-state index is 0.244. The minimum Gasteiger partial charge on any atom is -0.481 e. The molecular weight excluding hydrogens is 228 g/mol. The van der Waals surface area contributed by atoms with Gasteiger partial charge in [-0.15, -0.1) is 0 Å². The molecule has 0 bridgehead atoms. The van der Waals surface area contributed by atoms with E-state index >= 15 is 0 Å². The van der Waals surface area contributed by atoms with Crippen LogP contribution in [0.4, 0.5) is 0 Å². The van der Waals surface area contributed by atoms with Crippen LogP contribution in [0.3, 0.4) is 0 Å². The van der Waals surface area contributed by atoms with Crippen LogP contribution in [-0.2, 0) is 9.53 Å². The Bertz CT molecular complexity index is 335. The van der Waals surface area contributed by atoms with Crippen LogP contribution in [0.1, 0.15) is 58.3 Å². The smallest absolute Gasteiger partial charge is 0.309 e. The van der Waals surface area contributed by atoms with Crippen LogP contribution < -0.4 is 0 Å². The van der Waals surface area contributed by atoms with Crippen molar-refractivity contribution in [1.29, 1.82) is 0 Å². The van der Waals surface area contributed by atoms with E-state index in [0.29, 0.717) is 12.0 Å². The van der Waals surface area contributed by atoms with E-state index in [4.69, 9.17) is 4.74 Å². The lowest BCUT2D eigenvalue weighted by molar-refractivity contribution is -0.153. The largest absolute Gasteiger partial charge is 0.481 e. The number of ether oxygens (including phenoxy) is 1. The van der Waals surface area contributed by atoms with Gasteiger partial charge in [-0.3, -0.25) is 4.79 Å². The second-order valence-electron chi connectivity index (χ2n) is 6.81. The topological polar surface area (TPSA) is 49.8 Å². The number of fused-ring (bicyclic) bond motifs is 1. The Morgan fingerprint density at radius 1 is 1.28 bits per heavy atom. The van der Waals surface area contributed by atoms with Crippen LogP contribution in [0.15, 0.2) is 0 Å². The number of carboxylic acids is 1. The number of hydrogen-bond acceptors (Lipinski definition) is 2. The molecule has 0 spiro atoms. The van der Waals surface area contributed by atoms with Crippen molar-refractivity contribution in [3.63, 3.8) is 0 Å². The zero-order chi connectivity index (χ0) is 12.8. The highest BCUT2D eigenvalue weighted by atomic mass is 16.6. The molecule has 102 valence electrons. The third-order valence-electron chi connectivity index (χ3n) is 5.56. The van der Waals surface area contributed by atoms with Gasteiger partial charge in [0.1, 0.15) is 0 Å². The first-order valence-electron chi connectivity index (χ1n) is 7.48. The highest BCUT2D eigenvalue weighted by Crippen LogP contribution is 2.52. The molecule has 0 aromatic heterocycles. The summed E-state index contributed by atoms with van der Waals surface area (Å²) in [7, 11) is 0. The Labute approximate surface area is 109 Å². The molecule has 3 nitrogen and oxygen atoms in total. The van der Waals surface area contributed by atoms with Gasteiger partial charge in [-0.05, 0) is 38.0 Å². The molecule has 1 aliphatic heterocycles. The fraction of sp³-hybridized carbons (Fsp3) is 0.933. The monoisotopic (exact) mass is 252 g/mol. The molecular formula is C15H24O3. The Morgan fingerprint density at radius 3 is 2.67 bits per heavy atom. The molecule has 2 saturated carbocycles. The van der Waals surface area contributed by atoms with Crippen molar-refractivity contribution >= 4 is 5.97 Å². The highest BCUT2D eigenvalue weighted by molar-refractivity contribution is 5.75. The van der Waals surface area contributed by atoms with Gasteiger partial charge in [0.05, 0.1) is 17.6 Å². The zero-order valence-electron chi connectivity index (χ0n) is 11.2. The molecule has 0 aromatic carbocycles. The average molecular weight is 252 g/mol. The van der Waals surface area contributed by atoms with E-state index in [1.807, 2.05) is 6.92 Å². The molecule has 1 N–H and O–H groups in total. The highest BCUT2D eigenvalue weighted by Gasteiger charge is 2.56. The Morgan fingerprint density at radius 2 is 2.00 bits per heavy atom. The molecule has 3 heteroatoms. The first kappa shape index (κ1) is 12.5. The van der Waals surface area contributed by atoms with Crippen molar-refractivity contribution in [2.45, 2.75) is 70.5 Å². The van der Waals surface area contributed by atoms with E-state index in [1.54, 1.807) is 0 Å². The molecule has 3 rings (SSSR count). The lowest BCUT2D eigenvalue weighted by atomic mass is 9.63. The maximum Gasteiger partial charge on any atom is 0.309 e. The van der Waals surface area contributed by atoms with E-state index in [0.717, 1.165) is 25.2 Å². The molecule has 4 atom stereocenters. The quantitative estimate of drug-likeness (QED) is 0.784. The number of hydrogen-bond donors (Lipinski definition) is 1. The van der Waals surface area contributed by atoms with Crippen LogP contribution in [0.2, 0.25) is 0 Å². The van der Waals surface area contributed by atoms with Gasteiger partial charge in [0.15, 0.2) is 0 Å². The average Bonchev–Trinajstić information content (AvgIpc) is 3.08. The van der Waals surface area contributed by atoms with Gasteiger partial charge in [0.25, 0.3) is 0 Å². The van der Waals surface area contributed by atoms with Gasteiger partial charge in [0, 0.05) is 0 Å². The minimum atomic E-state index is -0.614. The van der Waals surface area contributed by atoms with Crippen molar-refractivity contribution in [1.82, 2.24) is 0 Å². The van der Waals surface area contributed by atoms with Crippen LogP contribution in [0.5, 0.6) is 0 Å². The van der Waals surface area contributed by atoms with Gasteiger partial charge in [0.2, 0.25) is 0 Å². The van der Waals surface area contributed by atoms with E-state index < -0.39 is 11.4 Å². The summed E-state index contributed by atoms with van der Waals surface area (Å²) in [6.45, 7) is 1.95. The third-order valence-corrected chi connectivity index (χ3v) is 5.56. The molecule has 1 saturated heterocycles. The Kier molecular flexibility index (Phi) is 3.13. The van der Waals surface area contributed by atoms with Crippen molar-refractivity contribution in [2.24, 2.45) is 17.3 Å². The van der Waals surface area contributed by atoms with Crippen molar-refractivity contribution in [3.8, 4) is 0 Å².